The summed E-state index contributed by atoms with van der Waals surface area (Å²) in [6.07, 6.45) is 0.852. The van der Waals surface area contributed by atoms with Gasteiger partial charge in [0.2, 0.25) is 11.8 Å². The fourth-order valence-corrected chi connectivity index (χ4v) is 3.53. The van der Waals surface area contributed by atoms with Crippen LogP contribution < -0.4 is 5.32 Å². The largest absolute Gasteiger partial charge is 0.354 e. The normalized spacial score (nSPS) is 11.5. The van der Waals surface area contributed by atoms with Crippen LogP contribution in [-0.2, 0) is 22.6 Å². The van der Waals surface area contributed by atoms with E-state index in [2.05, 4.69) is 5.32 Å². The van der Waals surface area contributed by atoms with Crippen LogP contribution in [0, 0.1) is 5.82 Å². The molecule has 0 aliphatic heterocycles. The summed E-state index contributed by atoms with van der Waals surface area (Å²) in [5, 5.41) is 2.86. The minimum Gasteiger partial charge on any atom is -0.354 e. The van der Waals surface area contributed by atoms with Gasteiger partial charge in [-0.15, -0.1) is 0 Å². The van der Waals surface area contributed by atoms with Crippen LogP contribution in [0.3, 0.4) is 0 Å². The molecule has 0 aliphatic rings. The van der Waals surface area contributed by atoms with Gasteiger partial charge in [0.15, 0.2) is 0 Å². The van der Waals surface area contributed by atoms with Gasteiger partial charge in [-0.2, -0.15) is 0 Å². The number of nitrogens with zero attached hydrogens (tertiary/aromatic N) is 1. The van der Waals surface area contributed by atoms with E-state index in [0.29, 0.717) is 13.0 Å². The third-order valence-electron chi connectivity index (χ3n) is 5.08. The number of benzene rings is 3. The van der Waals surface area contributed by atoms with Crippen LogP contribution >= 0.6 is 0 Å². The number of carbonyl (C=O) groups is 2. The number of amides is 2. The summed E-state index contributed by atoms with van der Waals surface area (Å²) >= 11 is 0. The predicted molar refractivity (Wildman–Crippen MR) is 120 cm³/mol. The first-order chi connectivity index (χ1) is 15.1. The molecule has 0 bridgehead atoms. The van der Waals surface area contributed by atoms with Gasteiger partial charge in [-0.1, -0.05) is 72.8 Å². The molecular formula is C26H27FN2O2. The molecule has 4 nitrogen and oxygen atoms in total. The highest BCUT2D eigenvalue weighted by molar-refractivity contribution is 5.88. The second kappa shape index (κ2) is 11.1. The minimum absolute atomic E-state index is 0.131. The molecule has 31 heavy (non-hydrogen) atoms. The Morgan fingerprint density at radius 1 is 0.871 bits per heavy atom. The number of hydrogen-bond acceptors (Lipinski definition) is 2. The summed E-state index contributed by atoms with van der Waals surface area (Å²) < 4.78 is 13.4. The molecule has 0 aromatic heterocycles. The van der Waals surface area contributed by atoms with Crippen LogP contribution in [-0.4, -0.2) is 23.3 Å². The highest BCUT2D eigenvalue weighted by atomic mass is 19.1. The average Bonchev–Trinajstić information content (AvgIpc) is 2.80. The van der Waals surface area contributed by atoms with E-state index in [1.54, 1.807) is 17.0 Å². The van der Waals surface area contributed by atoms with Crippen LogP contribution in [0.5, 0.6) is 0 Å². The molecule has 0 radical (unpaired) electrons. The zero-order chi connectivity index (χ0) is 22.1. The predicted octanol–water partition coefficient (Wildman–Crippen LogP) is 4.66. The second-order valence-corrected chi connectivity index (χ2v) is 7.34. The SMILES string of the molecule is CCNC(=O)[C@H](c1ccccc1)N(Cc1ccc(F)cc1)C(=O)CCc1ccccc1. The summed E-state index contributed by atoms with van der Waals surface area (Å²) in [5.41, 5.74) is 2.56. The maximum atomic E-state index is 13.4. The zero-order valence-corrected chi connectivity index (χ0v) is 17.6. The summed E-state index contributed by atoms with van der Waals surface area (Å²) in [5.74, 6) is -0.703. The maximum Gasteiger partial charge on any atom is 0.247 e. The smallest absolute Gasteiger partial charge is 0.247 e. The van der Waals surface area contributed by atoms with Crippen molar-refractivity contribution in [3.05, 3.63) is 107 Å². The first kappa shape index (κ1) is 22.2. The molecule has 0 fully saturated rings. The van der Waals surface area contributed by atoms with Gasteiger partial charge in [-0.25, -0.2) is 4.39 Å². The molecule has 2 amide bonds. The first-order valence-corrected chi connectivity index (χ1v) is 10.5. The van der Waals surface area contributed by atoms with E-state index in [1.165, 1.54) is 12.1 Å². The van der Waals surface area contributed by atoms with Gasteiger partial charge in [-0.05, 0) is 42.2 Å². The number of halogens is 1. The molecule has 3 aromatic rings. The van der Waals surface area contributed by atoms with Gasteiger partial charge in [0.25, 0.3) is 0 Å². The van der Waals surface area contributed by atoms with E-state index < -0.39 is 6.04 Å². The Bertz CT molecular complexity index is 975. The Kier molecular flexibility index (Phi) is 7.93. The quantitative estimate of drug-likeness (QED) is 0.549. The van der Waals surface area contributed by atoms with Crippen LogP contribution in [0.2, 0.25) is 0 Å². The molecule has 0 spiro atoms. The van der Waals surface area contributed by atoms with Crippen molar-refractivity contribution in [1.29, 1.82) is 0 Å². The van der Waals surface area contributed by atoms with Crippen LogP contribution in [0.15, 0.2) is 84.9 Å². The third-order valence-corrected chi connectivity index (χ3v) is 5.08. The van der Waals surface area contributed by atoms with Crippen molar-refractivity contribution in [1.82, 2.24) is 10.2 Å². The topological polar surface area (TPSA) is 49.4 Å². The highest BCUT2D eigenvalue weighted by Crippen LogP contribution is 2.25. The number of likely N-dealkylation sites (N-methyl/N-ethyl adjacent to an activating group) is 1. The molecule has 0 heterocycles. The first-order valence-electron chi connectivity index (χ1n) is 10.5. The van der Waals surface area contributed by atoms with Crippen molar-refractivity contribution in [2.75, 3.05) is 6.54 Å². The fraction of sp³-hybridized carbons (Fsp3) is 0.231. The molecule has 0 saturated carbocycles. The molecule has 3 aromatic carbocycles. The van der Waals surface area contributed by atoms with Crippen molar-refractivity contribution in [3.8, 4) is 0 Å². The Hall–Kier alpha value is -3.47. The summed E-state index contributed by atoms with van der Waals surface area (Å²) in [6, 6.07) is 24.3. The third kappa shape index (κ3) is 6.25. The molecule has 0 saturated heterocycles. The lowest BCUT2D eigenvalue weighted by Crippen LogP contribution is -2.43. The maximum absolute atomic E-state index is 13.4. The Morgan fingerprint density at radius 3 is 2.10 bits per heavy atom. The molecule has 1 N–H and O–H groups in total. The number of nitrogens with one attached hydrogen (secondary N) is 1. The molecule has 160 valence electrons. The van der Waals surface area contributed by atoms with Gasteiger partial charge in [-0.3, -0.25) is 9.59 Å². The van der Waals surface area contributed by atoms with Crippen molar-refractivity contribution in [2.45, 2.75) is 32.4 Å². The Labute approximate surface area is 182 Å². The van der Waals surface area contributed by atoms with Gasteiger partial charge in [0, 0.05) is 19.5 Å². The van der Waals surface area contributed by atoms with Crippen LogP contribution in [0.1, 0.15) is 36.1 Å². The number of rotatable bonds is 9. The van der Waals surface area contributed by atoms with E-state index in [4.69, 9.17) is 0 Å². The van der Waals surface area contributed by atoms with Gasteiger partial charge < -0.3 is 10.2 Å². The van der Waals surface area contributed by atoms with Crippen LogP contribution in [0.4, 0.5) is 4.39 Å². The van der Waals surface area contributed by atoms with Gasteiger partial charge >= 0.3 is 0 Å². The monoisotopic (exact) mass is 418 g/mol. The van der Waals surface area contributed by atoms with E-state index in [1.807, 2.05) is 67.6 Å². The molecular weight excluding hydrogens is 391 g/mol. The van der Waals surface area contributed by atoms with Crippen molar-refractivity contribution in [2.24, 2.45) is 0 Å². The van der Waals surface area contributed by atoms with Gasteiger partial charge in [0.05, 0.1) is 0 Å². The Balaban J connectivity index is 1.91. The van der Waals surface area contributed by atoms with Crippen molar-refractivity contribution in [3.63, 3.8) is 0 Å². The van der Waals surface area contributed by atoms with E-state index in [-0.39, 0.29) is 30.6 Å². The number of aryl methyl sites for hydroxylation is 1. The molecule has 1 atom stereocenters. The molecule has 0 aliphatic carbocycles. The molecule has 0 unspecified atom stereocenters. The van der Waals surface area contributed by atoms with Crippen molar-refractivity contribution >= 4 is 11.8 Å². The molecule has 5 heteroatoms. The summed E-state index contributed by atoms with van der Waals surface area (Å²) in [4.78, 5) is 28.0. The lowest BCUT2D eigenvalue weighted by molar-refractivity contribution is -0.141. The van der Waals surface area contributed by atoms with Gasteiger partial charge in [0.1, 0.15) is 11.9 Å². The average molecular weight is 419 g/mol. The van der Waals surface area contributed by atoms with Crippen molar-refractivity contribution < 1.29 is 14.0 Å². The molecule has 3 rings (SSSR count). The summed E-state index contributed by atoms with van der Waals surface area (Å²) in [6.45, 7) is 2.52. The fourth-order valence-electron chi connectivity index (χ4n) is 3.53. The zero-order valence-electron chi connectivity index (χ0n) is 17.6. The lowest BCUT2D eigenvalue weighted by atomic mass is 10.0. The summed E-state index contributed by atoms with van der Waals surface area (Å²) in [7, 11) is 0. The van der Waals surface area contributed by atoms with E-state index >= 15 is 0 Å². The van der Waals surface area contributed by atoms with Crippen LogP contribution in [0.25, 0.3) is 0 Å². The number of hydrogen-bond donors (Lipinski definition) is 1. The lowest BCUT2D eigenvalue weighted by Gasteiger charge is -2.31. The van der Waals surface area contributed by atoms with E-state index in [0.717, 1.165) is 16.7 Å². The Morgan fingerprint density at radius 2 is 1.48 bits per heavy atom. The number of carbonyl (C=O) groups excluding carboxylic acids is 2. The standard InChI is InChI=1S/C26H27FN2O2/c1-2-28-26(31)25(22-11-7-4-8-12-22)29(19-21-13-16-23(27)17-14-21)24(30)18-15-20-9-5-3-6-10-20/h3-14,16-17,25H,2,15,18-19H2,1H3,(H,28,31)/t25-/m0/s1. The minimum atomic E-state index is -0.769. The van der Waals surface area contributed by atoms with E-state index in [9.17, 15) is 14.0 Å². The second-order valence-electron chi connectivity index (χ2n) is 7.34. The highest BCUT2D eigenvalue weighted by Gasteiger charge is 2.31.